The molecule has 5 nitrogen and oxygen atoms in total. The summed E-state index contributed by atoms with van der Waals surface area (Å²) >= 11 is 0. The third kappa shape index (κ3) is 3.30. The van der Waals surface area contributed by atoms with Gasteiger partial charge in [0.05, 0.1) is 5.92 Å². The second-order valence-corrected chi connectivity index (χ2v) is 6.57. The topological polar surface area (TPSA) is 79.5 Å². The highest BCUT2D eigenvalue weighted by molar-refractivity contribution is 5.99. The van der Waals surface area contributed by atoms with Gasteiger partial charge in [0.15, 0.2) is 5.76 Å². The Labute approximate surface area is 141 Å². The van der Waals surface area contributed by atoms with Crippen LogP contribution in [0.15, 0.2) is 28.7 Å². The minimum Gasteiger partial charge on any atom is -0.481 e. The lowest BCUT2D eigenvalue weighted by Gasteiger charge is -2.27. The summed E-state index contributed by atoms with van der Waals surface area (Å²) in [4.78, 5) is 24.3. The van der Waals surface area contributed by atoms with E-state index >= 15 is 0 Å². The zero-order valence-electron chi connectivity index (χ0n) is 13.9. The minimum atomic E-state index is -0.830. The molecule has 0 spiro atoms. The number of hydrogen-bond acceptors (Lipinski definition) is 3. The molecule has 1 heterocycles. The number of nitrogens with one attached hydrogen (secondary N) is 1. The van der Waals surface area contributed by atoms with Crippen molar-refractivity contribution in [2.45, 2.75) is 51.5 Å². The van der Waals surface area contributed by atoms with Crippen LogP contribution in [0.2, 0.25) is 0 Å². The van der Waals surface area contributed by atoms with Gasteiger partial charge in [-0.3, -0.25) is 9.59 Å². The predicted molar refractivity (Wildman–Crippen MR) is 91.0 cm³/mol. The summed E-state index contributed by atoms with van der Waals surface area (Å²) in [7, 11) is 0. The Hall–Kier alpha value is -2.30. The number of furan rings is 1. The van der Waals surface area contributed by atoms with Crippen LogP contribution in [0.25, 0.3) is 11.0 Å². The molecule has 2 aromatic rings. The number of amides is 1. The Morgan fingerprint density at radius 3 is 2.54 bits per heavy atom. The highest BCUT2D eigenvalue weighted by Gasteiger charge is 2.31. The number of carbonyl (C=O) groups is 2. The normalized spacial score (nSPS) is 21.9. The molecule has 2 unspecified atom stereocenters. The van der Waals surface area contributed by atoms with Gasteiger partial charge in [-0.2, -0.15) is 0 Å². The summed E-state index contributed by atoms with van der Waals surface area (Å²) in [5, 5.41) is 13.3. The first-order chi connectivity index (χ1) is 11.6. The van der Waals surface area contributed by atoms with Crippen LogP contribution in [0.1, 0.15) is 54.6 Å². The van der Waals surface area contributed by atoms with E-state index in [1.165, 1.54) is 0 Å². The molecule has 1 fully saturated rings. The number of para-hydroxylation sites is 1. The van der Waals surface area contributed by atoms with E-state index in [0.717, 1.165) is 36.6 Å². The fourth-order valence-corrected chi connectivity index (χ4v) is 3.58. The average Bonchev–Trinajstić information content (AvgIpc) is 2.87. The van der Waals surface area contributed by atoms with Crippen LogP contribution in [0, 0.1) is 12.8 Å². The van der Waals surface area contributed by atoms with Crippen LogP contribution in [0.3, 0.4) is 0 Å². The van der Waals surface area contributed by atoms with Crippen LogP contribution >= 0.6 is 0 Å². The van der Waals surface area contributed by atoms with E-state index in [9.17, 15) is 14.7 Å². The van der Waals surface area contributed by atoms with Gasteiger partial charge in [-0.1, -0.05) is 43.9 Å². The molecule has 1 aromatic heterocycles. The lowest BCUT2D eigenvalue weighted by Crippen LogP contribution is -2.44. The molecule has 1 amide bonds. The second-order valence-electron chi connectivity index (χ2n) is 6.57. The zero-order valence-corrected chi connectivity index (χ0v) is 13.9. The standard InChI is InChI=1S/C19H23NO4/c1-12-13-8-6-7-11-16(13)24-17(12)18(21)20-15-10-5-3-2-4-9-14(15)19(22)23/h6-8,11,14-15H,2-5,9-10H2,1H3,(H,20,21)(H,22,23). The summed E-state index contributed by atoms with van der Waals surface area (Å²) in [6.07, 6.45) is 5.29. The van der Waals surface area contributed by atoms with E-state index < -0.39 is 11.9 Å². The number of carboxylic acid groups (broad SMARTS) is 1. The monoisotopic (exact) mass is 329 g/mol. The Balaban J connectivity index is 1.82. The van der Waals surface area contributed by atoms with Crippen LogP contribution in [0.4, 0.5) is 0 Å². The first-order valence-electron chi connectivity index (χ1n) is 8.59. The molecule has 128 valence electrons. The predicted octanol–water partition coefficient (Wildman–Crippen LogP) is 3.89. The number of hydrogen-bond donors (Lipinski definition) is 2. The summed E-state index contributed by atoms with van der Waals surface area (Å²) in [6.45, 7) is 1.85. The SMILES string of the molecule is Cc1c(C(=O)NC2CCCCCCC2C(=O)O)oc2ccccc12. The zero-order chi connectivity index (χ0) is 17.1. The van der Waals surface area contributed by atoms with Crippen molar-refractivity contribution in [1.82, 2.24) is 5.32 Å². The summed E-state index contributed by atoms with van der Waals surface area (Å²) < 4.78 is 5.69. The molecule has 2 N–H and O–H groups in total. The number of rotatable bonds is 3. The van der Waals surface area contributed by atoms with Gasteiger partial charge in [0.1, 0.15) is 5.58 Å². The molecule has 1 aromatic carbocycles. The maximum absolute atomic E-state index is 12.7. The third-order valence-corrected chi connectivity index (χ3v) is 4.95. The molecule has 0 saturated heterocycles. The lowest BCUT2D eigenvalue weighted by molar-refractivity contribution is -0.143. The molecule has 2 atom stereocenters. The second kappa shape index (κ2) is 7.07. The molecule has 0 bridgehead atoms. The summed E-state index contributed by atoms with van der Waals surface area (Å²) in [5.41, 5.74) is 1.47. The van der Waals surface area contributed by atoms with Gasteiger partial charge in [-0.15, -0.1) is 0 Å². The first kappa shape index (κ1) is 16.6. The van der Waals surface area contributed by atoms with Crippen LogP contribution in [0.5, 0.6) is 0 Å². The van der Waals surface area contributed by atoms with Gasteiger partial charge in [-0.05, 0) is 25.8 Å². The van der Waals surface area contributed by atoms with Crippen LogP contribution < -0.4 is 5.32 Å². The van der Waals surface area contributed by atoms with E-state index in [-0.39, 0.29) is 17.7 Å². The van der Waals surface area contributed by atoms with E-state index in [0.29, 0.717) is 18.4 Å². The van der Waals surface area contributed by atoms with Gasteiger partial charge >= 0.3 is 5.97 Å². The summed E-state index contributed by atoms with van der Waals surface area (Å²) in [5.74, 6) is -1.40. The maximum atomic E-state index is 12.7. The molecule has 3 rings (SSSR count). The van der Waals surface area contributed by atoms with E-state index in [4.69, 9.17) is 4.42 Å². The molecular weight excluding hydrogens is 306 g/mol. The van der Waals surface area contributed by atoms with Gasteiger partial charge in [-0.25, -0.2) is 0 Å². The number of aliphatic carboxylic acids is 1. The van der Waals surface area contributed by atoms with E-state index in [2.05, 4.69) is 5.32 Å². The van der Waals surface area contributed by atoms with E-state index in [1.54, 1.807) is 0 Å². The van der Waals surface area contributed by atoms with Crippen molar-refractivity contribution in [3.05, 3.63) is 35.6 Å². The maximum Gasteiger partial charge on any atom is 0.308 e. The largest absolute Gasteiger partial charge is 0.481 e. The van der Waals surface area contributed by atoms with E-state index in [1.807, 2.05) is 31.2 Å². The van der Waals surface area contributed by atoms with Crippen molar-refractivity contribution in [2.75, 3.05) is 0 Å². The van der Waals surface area contributed by atoms with Crippen molar-refractivity contribution >= 4 is 22.8 Å². The van der Waals surface area contributed by atoms with Crippen LogP contribution in [-0.2, 0) is 4.79 Å². The highest BCUT2D eigenvalue weighted by atomic mass is 16.4. The number of benzene rings is 1. The molecule has 1 aliphatic carbocycles. The quantitative estimate of drug-likeness (QED) is 0.895. The molecule has 5 heteroatoms. The first-order valence-corrected chi connectivity index (χ1v) is 8.59. The Kier molecular flexibility index (Phi) is 4.88. The Morgan fingerprint density at radius 2 is 1.83 bits per heavy atom. The van der Waals surface area contributed by atoms with Crippen molar-refractivity contribution in [1.29, 1.82) is 0 Å². The van der Waals surface area contributed by atoms with Crippen molar-refractivity contribution in [3.63, 3.8) is 0 Å². The Morgan fingerprint density at radius 1 is 1.12 bits per heavy atom. The number of fused-ring (bicyclic) bond motifs is 1. The number of aryl methyl sites for hydroxylation is 1. The lowest BCUT2D eigenvalue weighted by atomic mass is 9.86. The molecule has 1 aliphatic rings. The van der Waals surface area contributed by atoms with Crippen molar-refractivity contribution < 1.29 is 19.1 Å². The van der Waals surface area contributed by atoms with Gasteiger partial charge in [0.2, 0.25) is 0 Å². The third-order valence-electron chi connectivity index (χ3n) is 4.95. The van der Waals surface area contributed by atoms with Gasteiger partial charge in [0.25, 0.3) is 5.91 Å². The van der Waals surface area contributed by atoms with Crippen LogP contribution in [-0.4, -0.2) is 23.0 Å². The number of carbonyl (C=O) groups excluding carboxylic acids is 1. The molecule has 24 heavy (non-hydrogen) atoms. The molecule has 0 aliphatic heterocycles. The smallest absolute Gasteiger partial charge is 0.308 e. The number of carboxylic acids is 1. The van der Waals surface area contributed by atoms with Gasteiger partial charge in [0, 0.05) is 17.0 Å². The van der Waals surface area contributed by atoms with Crippen molar-refractivity contribution in [2.24, 2.45) is 5.92 Å². The Bertz CT molecular complexity index is 749. The average molecular weight is 329 g/mol. The molecular formula is C19H23NO4. The molecule has 1 saturated carbocycles. The fourth-order valence-electron chi connectivity index (χ4n) is 3.58. The van der Waals surface area contributed by atoms with Gasteiger partial charge < -0.3 is 14.8 Å². The highest BCUT2D eigenvalue weighted by Crippen LogP contribution is 2.27. The molecule has 0 radical (unpaired) electrons. The minimum absolute atomic E-state index is 0.280. The van der Waals surface area contributed by atoms with Crippen molar-refractivity contribution in [3.8, 4) is 0 Å². The summed E-state index contributed by atoms with van der Waals surface area (Å²) in [6, 6.07) is 7.17. The fraction of sp³-hybridized carbons (Fsp3) is 0.474.